The number of amides is 1. The molecule has 27 heavy (non-hydrogen) atoms. The fourth-order valence-corrected chi connectivity index (χ4v) is 3.29. The minimum Gasteiger partial charge on any atom is -0.489 e. The number of likely N-dealkylation sites (tertiary alicyclic amines) is 1. The van der Waals surface area contributed by atoms with E-state index in [1.807, 2.05) is 6.20 Å². The maximum atomic E-state index is 12.1. The van der Waals surface area contributed by atoms with E-state index in [1.165, 1.54) is 0 Å². The van der Waals surface area contributed by atoms with Crippen LogP contribution in [0.5, 0.6) is 5.75 Å². The first-order valence-corrected chi connectivity index (χ1v) is 9.47. The Morgan fingerprint density at radius 3 is 2.89 bits per heavy atom. The zero-order chi connectivity index (χ0) is 19.1. The molecule has 1 amide bonds. The molecule has 0 unspecified atom stereocenters. The summed E-state index contributed by atoms with van der Waals surface area (Å²) in [5, 5.41) is 3.23. The van der Waals surface area contributed by atoms with Crippen molar-refractivity contribution >= 4 is 17.5 Å². The highest BCUT2D eigenvalue weighted by molar-refractivity contribution is 6.32. The summed E-state index contributed by atoms with van der Waals surface area (Å²) in [7, 11) is 1.59. The molecule has 146 valence electrons. The molecule has 0 spiro atoms. The van der Waals surface area contributed by atoms with Gasteiger partial charge in [-0.05, 0) is 31.0 Å². The molecular formula is C19H25ClN4O3. The second-order valence-electron chi connectivity index (χ2n) is 6.52. The number of methoxy groups -OCH3 is 1. The summed E-state index contributed by atoms with van der Waals surface area (Å²) in [5.74, 6) is 1.43. The topological polar surface area (TPSA) is 79.5 Å². The van der Waals surface area contributed by atoms with Gasteiger partial charge in [0, 0.05) is 44.7 Å². The quantitative estimate of drug-likeness (QED) is 0.675. The van der Waals surface area contributed by atoms with Gasteiger partial charge in [-0.3, -0.25) is 9.69 Å². The predicted octanol–water partition coefficient (Wildman–Crippen LogP) is 2.48. The average Bonchev–Trinajstić information content (AvgIpc) is 3.18. The van der Waals surface area contributed by atoms with E-state index in [1.54, 1.807) is 31.5 Å². The number of nitrogens with one attached hydrogen (secondary N) is 2. The standard InChI is InChI=1S/C19H25ClN4O3/c1-26-11-8-23-19(25)14-2-3-17(16(20)12-14)27-15-4-9-24(10-5-15)13-18-21-6-7-22-18/h2-3,6-7,12,15H,4-5,8-11,13H2,1H3,(H,21,22)(H,23,25). The van der Waals surface area contributed by atoms with Crippen molar-refractivity contribution in [2.45, 2.75) is 25.5 Å². The van der Waals surface area contributed by atoms with Crippen molar-refractivity contribution in [3.63, 3.8) is 0 Å². The predicted molar refractivity (Wildman–Crippen MR) is 103 cm³/mol. The van der Waals surface area contributed by atoms with Gasteiger partial charge < -0.3 is 19.8 Å². The lowest BCUT2D eigenvalue weighted by Gasteiger charge is -2.31. The van der Waals surface area contributed by atoms with E-state index in [0.29, 0.717) is 29.5 Å². The van der Waals surface area contributed by atoms with Crippen molar-refractivity contribution in [1.82, 2.24) is 20.2 Å². The molecule has 3 rings (SSSR count). The highest BCUT2D eigenvalue weighted by Crippen LogP contribution is 2.28. The van der Waals surface area contributed by atoms with Gasteiger partial charge in [-0.25, -0.2) is 4.98 Å². The normalized spacial score (nSPS) is 15.6. The van der Waals surface area contributed by atoms with Crippen LogP contribution in [0.15, 0.2) is 30.6 Å². The van der Waals surface area contributed by atoms with Gasteiger partial charge in [0.2, 0.25) is 0 Å². The lowest BCUT2D eigenvalue weighted by molar-refractivity contribution is 0.0934. The molecule has 1 fully saturated rings. The number of halogens is 1. The highest BCUT2D eigenvalue weighted by atomic mass is 35.5. The molecule has 1 saturated heterocycles. The van der Waals surface area contributed by atoms with Gasteiger partial charge in [0.1, 0.15) is 17.7 Å². The van der Waals surface area contributed by atoms with Crippen LogP contribution in [0, 0.1) is 0 Å². The van der Waals surface area contributed by atoms with Crippen LogP contribution in [-0.4, -0.2) is 60.2 Å². The molecule has 0 saturated carbocycles. The number of carbonyl (C=O) groups is 1. The number of benzene rings is 1. The van der Waals surface area contributed by atoms with Crippen LogP contribution in [0.25, 0.3) is 0 Å². The van der Waals surface area contributed by atoms with Crippen molar-refractivity contribution in [2.75, 3.05) is 33.4 Å². The Bertz CT molecular complexity index is 731. The fourth-order valence-electron chi connectivity index (χ4n) is 3.07. The summed E-state index contributed by atoms with van der Waals surface area (Å²) >= 11 is 6.33. The molecule has 1 aromatic carbocycles. The second-order valence-corrected chi connectivity index (χ2v) is 6.93. The first-order chi connectivity index (χ1) is 13.2. The third kappa shape index (κ3) is 5.69. The molecule has 2 heterocycles. The van der Waals surface area contributed by atoms with E-state index in [9.17, 15) is 4.79 Å². The molecule has 0 radical (unpaired) electrons. The van der Waals surface area contributed by atoms with Gasteiger partial charge in [-0.15, -0.1) is 0 Å². The summed E-state index contributed by atoms with van der Waals surface area (Å²) in [6, 6.07) is 5.14. The minimum absolute atomic E-state index is 0.122. The number of ether oxygens (including phenoxy) is 2. The molecule has 8 heteroatoms. The molecular weight excluding hydrogens is 368 g/mol. The third-order valence-electron chi connectivity index (χ3n) is 4.54. The number of imidazole rings is 1. The Balaban J connectivity index is 1.49. The number of piperidine rings is 1. The van der Waals surface area contributed by atoms with Crippen molar-refractivity contribution in [3.8, 4) is 5.75 Å². The third-order valence-corrected chi connectivity index (χ3v) is 4.84. The van der Waals surface area contributed by atoms with Crippen LogP contribution in [-0.2, 0) is 11.3 Å². The maximum Gasteiger partial charge on any atom is 0.251 e. The van der Waals surface area contributed by atoms with Gasteiger partial charge in [-0.2, -0.15) is 0 Å². The van der Waals surface area contributed by atoms with E-state index in [4.69, 9.17) is 21.1 Å². The second kappa shape index (κ2) is 9.73. The number of H-pyrrole nitrogens is 1. The monoisotopic (exact) mass is 392 g/mol. The number of aromatic amines is 1. The van der Waals surface area contributed by atoms with Gasteiger partial charge in [0.25, 0.3) is 5.91 Å². The van der Waals surface area contributed by atoms with Crippen LogP contribution >= 0.6 is 11.6 Å². The number of aromatic nitrogens is 2. The first-order valence-electron chi connectivity index (χ1n) is 9.09. The summed E-state index contributed by atoms with van der Waals surface area (Å²) in [4.78, 5) is 21.8. The number of rotatable bonds is 8. The smallest absolute Gasteiger partial charge is 0.251 e. The number of hydrogen-bond donors (Lipinski definition) is 2. The average molecular weight is 393 g/mol. The number of hydrogen-bond acceptors (Lipinski definition) is 5. The van der Waals surface area contributed by atoms with E-state index >= 15 is 0 Å². The summed E-state index contributed by atoms with van der Waals surface area (Å²) in [5.41, 5.74) is 0.511. The Labute approximate surface area is 164 Å². The van der Waals surface area contributed by atoms with Crippen molar-refractivity contribution < 1.29 is 14.3 Å². The first kappa shape index (κ1) is 19.7. The molecule has 2 aromatic rings. The van der Waals surface area contributed by atoms with E-state index < -0.39 is 0 Å². The highest BCUT2D eigenvalue weighted by Gasteiger charge is 2.22. The zero-order valence-corrected chi connectivity index (χ0v) is 16.2. The number of nitrogens with zero attached hydrogens (tertiary/aromatic N) is 2. The van der Waals surface area contributed by atoms with E-state index in [2.05, 4.69) is 20.2 Å². The zero-order valence-electron chi connectivity index (χ0n) is 15.4. The van der Waals surface area contributed by atoms with Gasteiger partial charge >= 0.3 is 0 Å². The minimum atomic E-state index is -0.174. The Hall–Kier alpha value is -2.09. The van der Waals surface area contributed by atoms with Gasteiger partial charge in [0.15, 0.2) is 0 Å². The molecule has 1 aromatic heterocycles. The molecule has 2 N–H and O–H groups in total. The molecule has 0 bridgehead atoms. The summed E-state index contributed by atoms with van der Waals surface area (Å²) in [6.07, 6.45) is 5.59. The van der Waals surface area contributed by atoms with Gasteiger partial charge in [-0.1, -0.05) is 11.6 Å². The van der Waals surface area contributed by atoms with Crippen LogP contribution in [0.1, 0.15) is 29.0 Å². The number of carbonyl (C=O) groups excluding carboxylic acids is 1. The molecule has 1 aliphatic heterocycles. The van der Waals surface area contributed by atoms with Crippen LogP contribution in [0.3, 0.4) is 0 Å². The molecule has 0 aliphatic carbocycles. The molecule has 1 aliphatic rings. The Morgan fingerprint density at radius 2 is 2.22 bits per heavy atom. The van der Waals surface area contributed by atoms with E-state index in [-0.39, 0.29) is 12.0 Å². The van der Waals surface area contributed by atoms with Crippen LogP contribution in [0.4, 0.5) is 0 Å². The Morgan fingerprint density at radius 1 is 1.41 bits per heavy atom. The Kier molecular flexibility index (Phi) is 7.09. The van der Waals surface area contributed by atoms with Crippen molar-refractivity contribution in [2.24, 2.45) is 0 Å². The van der Waals surface area contributed by atoms with E-state index in [0.717, 1.165) is 38.3 Å². The molecule has 7 nitrogen and oxygen atoms in total. The van der Waals surface area contributed by atoms with Gasteiger partial charge in [0.05, 0.1) is 18.2 Å². The van der Waals surface area contributed by atoms with Crippen molar-refractivity contribution in [3.05, 3.63) is 47.0 Å². The lowest BCUT2D eigenvalue weighted by atomic mass is 10.1. The summed E-state index contributed by atoms with van der Waals surface area (Å²) < 4.78 is 11.0. The van der Waals surface area contributed by atoms with Crippen LogP contribution < -0.4 is 10.1 Å². The summed E-state index contributed by atoms with van der Waals surface area (Å²) in [6.45, 7) is 3.65. The lowest BCUT2D eigenvalue weighted by Crippen LogP contribution is -2.38. The van der Waals surface area contributed by atoms with Crippen molar-refractivity contribution in [1.29, 1.82) is 0 Å². The molecule has 0 atom stereocenters. The largest absolute Gasteiger partial charge is 0.489 e. The fraction of sp³-hybridized carbons (Fsp3) is 0.474. The van der Waals surface area contributed by atoms with Crippen LogP contribution in [0.2, 0.25) is 5.02 Å². The SMILES string of the molecule is COCCNC(=O)c1ccc(OC2CCN(Cc3ncc[nH]3)CC2)c(Cl)c1. The maximum absolute atomic E-state index is 12.1.